The van der Waals surface area contributed by atoms with Gasteiger partial charge in [0.2, 0.25) is 17.7 Å². The Labute approximate surface area is 456 Å². The minimum atomic E-state index is -2.08. The molecule has 0 fully saturated rings. The molecule has 6 aromatic rings. The highest BCUT2D eigenvalue weighted by Gasteiger charge is 2.46. The van der Waals surface area contributed by atoms with Crippen molar-refractivity contribution < 1.29 is 62.4 Å². The lowest BCUT2D eigenvalue weighted by Crippen LogP contribution is -2.52. The fraction of sp³-hybridized carbons (Fsp3) is 0.328. The fourth-order valence-corrected chi connectivity index (χ4v) is 11.2. The van der Waals surface area contributed by atoms with Gasteiger partial charge >= 0.3 is 12.1 Å². The first-order valence-corrected chi connectivity index (χ1v) is 26.1. The molecule has 21 nitrogen and oxygen atoms in total. The number of benzene rings is 4. The summed E-state index contributed by atoms with van der Waals surface area (Å²) in [6, 6.07) is 24.6. The fourth-order valence-electron chi connectivity index (χ4n) is 11.2. The van der Waals surface area contributed by atoms with Crippen LogP contribution in [0.25, 0.3) is 33.4 Å². The highest BCUT2D eigenvalue weighted by Crippen LogP contribution is 2.47. The van der Waals surface area contributed by atoms with Crippen LogP contribution in [0.3, 0.4) is 0 Å². The lowest BCUT2D eigenvalue weighted by Gasteiger charge is -2.31. The van der Waals surface area contributed by atoms with Gasteiger partial charge in [-0.2, -0.15) is 0 Å². The molecule has 414 valence electrons. The summed E-state index contributed by atoms with van der Waals surface area (Å²) >= 11 is 0. The van der Waals surface area contributed by atoms with Crippen LogP contribution >= 0.6 is 0 Å². The highest BCUT2D eigenvalue weighted by atomic mass is 19.1. The Kier molecular flexibility index (Phi) is 15.3. The molecule has 10 rings (SSSR count). The van der Waals surface area contributed by atoms with E-state index in [9.17, 15) is 48.6 Å². The number of aromatic nitrogens is 2. The standard InChI is InChI=1S/C58H57FN8O13/c1-4-58(77)39-21-44-51-37(25-67(44)55(74)38(39)27-78-56(58)75)50-41(19-18-32-30(2)40(59)22-42(64-51)49(32)50)65-54(73)45(26-68)80-29-62-46(69)23-61-53(72)43(20-31-12-6-5-7-13-31)63-47(70)24-60-48(71)28-79-57(76)66(3)52-35-16-10-8-14-33(35)34-15-9-11-17-36(34)52/h5-17,21-22,41,43,45,52,68,77H,4,18-20,23-29H2,1-3H3,(H,60,71)(H,61,72)(H,62,69)(H,63,70)(H,65,73)/t41-,43-,45+,58-/m0/s1. The van der Waals surface area contributed by atoms with Gasteiger partial charge < -0.3 is 60.5 Å². The number of cyclic esters (lactones) is 1. The molecular weight excluding hydrogens is 1040 g/mol. The number of carbonyl (C=O) groups excluding carboxylic acids is 7. The van der Waals surface area contributed by atoms with Gasteiger partial charge in [-0.3, -0.25) is 28.8 Å². The van der Waals surface area contributed by atoms with Gasteiger partial charge in [0.1, 0.15) is 25.2 Å². The van der Waals surface area contributed by atoms with Crippen LogP contribution < -0.4 is 32.1 Å². The molecule has 0 bridgehead atoms. The number of nitrogens with one attached hydrogen (secondary N) is 5. The number of hydrogen-bond donors (Lipinski definition) is 7. The molecule has 7 N–H and O–H groups in total. The van der Waals surface area contributed by atoms with Crippen molar-refractivity contribution in [2.45, 2.75) is 82.5 Å². The number of nitrogens with zero attached hydrogens (tertiary/aromatic N) is 3. The van der Waals surface area contributed by atoms with Crippen LogP contribution in [0.2, 0.25) is 0 Å². The zero-order chi connectivity index (χ0) is 56.6. The quantitative estimate of drug-likeness (QED) is 0.0481. The smallest absolute Gasteiger partial charge is 0.410 e. The third-order valence-corrected chi connectivity index (χ3v) is 15.3. The van der Waals surface area contributed by atoms with E-state index in [1.54, 1.807) is 57.3 Å². The maximum absolute atomic E-state index is 15.5. The number of halogens is 1. The van der Waals surface area contributed by atoms with E-state index in [2.05, 4.69) is 26.6 Å². The summed E-state index contributed by atoms with van der Waals surface area (Å²) in [7, 11) is 1.58. The zero-order valence-electron chi connectivity index (χ0n) is 43.9. The summed E-state index contributed by atoms with van der Waals surface area (Å²) in [5.74, 6) is -5.14. The van der Waals surface area contributed by atoms with E-state index in [-0.39, 0.29) is 49.1 Å². The van der Waals surface area contributed by atoms with Crippen LogP contribution in [-0.2, 0) is 74.6 Å². The van der Waals surface area contributed by atoms with Crippen molar-refractivity contribution in [1.29, 1.82) is 0 Å². The molecule has 6 amide bonds. The van der Waals surface area contributed by atoms with E-state index in [4.69, 9.17) is 19.2 Å². The molecule has 4 aromatic carbocycles. The van der Waals surface area contributed by atoms with E-state index in [0.717, 1.165) is 22.3 Å². The SMILES string of the molecule is CC[C@@]1(O)C(=O)OCc2c1cc1n(c2=O)Cc2c-1nc1cc(F)c(C)c3c1c2[C@@H](NC(=O)[C@@H](CO)OCNC(=O)CNC(=O)[C@H](Cc1ccccc1)NC(=O)CNC(=O)COC(=O)N(C)C1c2ccccc2-c2ccccc21)CC3. The van der Waals surface area contributed by atoms with Gasteiger partial charge in [-0.1, -0.05) is 85.8 Å². The second kappa shape index (κ2) is 22.5. The summed E-state index contributed by atoms with van der Waals surface area (Å²) in [5.41, 5.74) is 5.20. The van der Waals surface area contributed by atoms with Gasteiger partial charge in [0, 0.05) is 36.0 Å². The van der Waals surface area contributed by atoms with Crippen molar-refractivity contribution in [3.05, 3.63) is 157 Å². The molecule has 0 unspecified atom stereocenters. The molecule has 0 spiro atoms. The van der Waals surface area contributed by atoms with Crippen LogP contribution in [0.1, 0.15) is 81.9 Å². The van der Waals surface area contributed by atoms with Crippen LogP contribution in [0, 0.1) is 12.7 Å². The number of aliphatic hydroxyl groups is 2. The predicted molar refractivity (Wildman–Crippen MR) is 284 cm³/mol. The number of rotatable bonds is 18. The van der Waals surface area contributed by atoms with E-state index >= 15 is 4.39 Å². The number of esters is 1. The Morgan fingerprint density at radius 3 is 2.26 bits per heavy atom. The average Bonchev–Trinajstić information content (AvgIpc) is 4.04. The van der Waals surface area contributed by atoms with Gasteiger partial charge in [0.25, 0.3) is 17.4 Å². The van der Waals surface area contributed by atoms with Gasteiger partial charge in [-0.05, 0) is 76.8 Å². The number of hydrogen-bond acceptors (Lipinski definition) is 14. The number of amides is 6. The molecule has 0 radical (unpaired) electrons. The molecule has 2 aliphatic carbocycles. The Morgan fingerprint density at radius 1 is 0.875 bits per heavy atom. The Morgan fingerprint density at radius 2 is 1.56 bits per heavy atom. The molecule has 2 aliphatic heterocycles. The van der Waals surface area contributed by atoms with Crippen molar-refractivity contribution in [3.8, 4) is 22.5 Å². The lowest BCUT2D eigenvalue weighted by molar-refractivity contribution is -0.172. The molecular formula is C58H57FN8O13. The minimum absolute atomic E-state index is 0.00223. The van der Waals surface area contributed by atoms with Crippen LogP contribution in [0.5, 0.6) is 0 Å². The molecule has 4 atom stereocenters. The third-order valence-electron chi connectivity index (χ3n) is 15.3. The van der Waals surface area contributed by atoms with Crippen molar-refractivity contribution in [2.75, 3.05) is 40.1 Å². The largest absolute Gasteiger partial charge is 0.458 e. The molecule has 0 saturated heterocycles. The topological polar surface area (TPSA) is 286 Å². The number of aliphatic hydroxyl groups excluding tert-OH is 1. The van der Waals surface area contributed by atoms with Crippen LogP contribution in [0.15, 0.2) is 95.8 Å². The van der Waals surface area contributed by atoms with Crippen LogP contribution in [0.4, 0.5) is 9.18 Å². The van der Waals surface area contributed by atoms with E-state index in [0.29, 0.717) is 51.0 Å². The molecule has 0 saturated carbocycles. The summed E-state index contributed by atoms with van der Waals surface area (Å²) in [6.45, 7) is -0.330. The van der Waals surface area contributed by atoms with Crippen molar-refractivity contribution >= 4 is 52.5 Å². The number of pyridine rings is 2. The Balaban J connectivity index is 0.734. The second-order valence-corrected chi connectivity index (χ2v) is 20.0. The van der Waals surface area contributed by atoms with E-state index in [1.807, 2.05) is 48.5 Å². The van der Waals surface area contributed by atoms with Crippen LogP contribution in [-0.4, -0.2) is 118 Å². The summed E-state index contributed by atoms with van der Waals surface area (Å²) in [5, 5.41) is 35.2. The first-order valence-electron chi connectivity index (χ1n) is 26.1. The van der Waals surface area contributed by atoms with Crippen molar-refractivity contribution in [2.24, 2.45) is 0 Å². The van der Waals surface area contributed by atoms with Gasteiger partial charge in [-0.25, -0.2) is 19.0 Å². The van der Waals surface area contributed by atoms with E-state index in [1.165, 1.54) is 15.5 Å². The number of carbonyl (C=O) groups is 7. The maximum Gasteiger partial charge on any atom is 0.410 e. The normalized spacial score (nSPS) is 17.1. The third kappa shape index (κ3) is 10.2. The first kappa shape index (κ1) is 54.5. The average molecular weight is 1090 g/mol. The zero-order valence-corrected chi connectivity index (χ0v) is 43.9. The maximum atomic E-state index is 15.5. The number of fused-ring (bicyclic) bond motifs is 8. The van der Waals surface area contributed by atoms with Crippen molar-refractivity contribution in [3.63, 3.8) is 0 Å². The highest BCUT2D eigenvalue weighted by molar-refractivity contribution is 5.95. The first-order chi connectivity index (χ1) is 38.5. The molecule has 80 heavy (non-hydrogen) atoms. The molecule has 4 heterocycles. The van der Waals surface area contributed by atoms with Gasteiger partial charge in [0.15, 0.2) is 18.3 Å². The summed E-state index contributed by atoms with van der Waals surface area (Å²) < 4.78 is 33.1. The lowest BCUT2D eigenvalue weighted by atomic mass is 9.81. The Hall–Kier alpha value is -8.86. The second-order valence-electron chi connectivity index (χ2n) is 20.0. The van der Waals surface area contributed by atoms with Gasteiger partial charge in [-0.15, -0.1) is 0 Å². The number of aryl methyl sites for hydroxylation is 1. The van der Waals surface area contributed by atoms with Crippen molar-refractivity contribution in [1.82, 2.24) is 41.0 Å². The molecule has 2 aromatic heterocycles. The molecule has 4 aliphatic rings. The Bertz CT molecular complexity index is 3550. The summed E-state index contributed by atoms with van der Waals surface area (Å²) in [6.07, 6.45) is -1.70. The molecule has 22 heteroatoms. The van der Waals surface area contributed by atoms with Gasteiger partial charge in [0.05, 0.1) is 60.8 Å². The summed E-state index contributed by atoms with van der Waals surface area (Å²) in [4.78, 5) is 113. The monoisotopic (exact) mass is 1090 g/mol. The minimum Gasteiger partial charge on any atom is -0.458 e. The van der Waals surface area contributed by atoms with E-state index < -0.39 is 116 Å². The predicted octanol–water partition coefficient (Wildman–Crippen LogP) is 2.88. The number of ether oxygens (including phenoxy) is 3.